The summed E-state index contributed by atoms with van der Waals surface area (Å²) in [4.78, 5) is 2.36. The Morgan fingerprint density at radius 2 is 2.00 bits per heavy atom. The zero-order chi connectivity index (χ0) is 15.8. The molecule has 2 unspecified atom stereocenters. The Morgan fingerprint density at radius 1 is 1.29 bits per heavy atom. The maximum absolute atomic E-state index is 6.06. The molecule has 0 heterocycles. The number of halogens is 1. The molecule has 0 bridgehead atoms. The molecular weight excluding hydrogens is 332 g/mol. The summed E-state index contributed by atoms with van der Waals surface area (Å²) in [5.41, 5.74) is 8.52. The molecule has 0 saturated carbocycles. The summed E-state index contributed by atoms with van der Waals surface area (Å²) >= 11 is 3.55. The molecule has 5 heteroatoms. The summed E-state index contributed by atoms with van der Waals surface area (Å²) in [6.07, 6.45) is 0. The van der Waals surface area contributed by atoms with Crippen molar-refractivity contribution >= 4 is 15.9 Å². The minimum absolute atomic E-state index is 0.164. The number of ether oxygens (including phenoxy) is 2. The first-order valence-corrected chi connectivity index (χ1v) is 8.04. The zero-order valence-electron chi connectivity index (χ0n) is 13.4. The van der Waals surface area contributed by atoms with E-state index in [2.05, 4.69) is 52.9 Å². The molecule has 0 aliphatic rings. The van der Waals surface area contributed by atoms with Gasteiger partial charge in [-0.2, -0.15) is 0 Å². The fraction of sp³-hybridized carbons (Fsp3) is 0.625. The van der Waals surface area contributed by atoms with Gasteiger partial charge in [-0.25, -0.2) is 0 Å². The van der Waals surface area contributed by atoms with Gasteiger partial charge in [0.25, 0.3) is 0 Å². The Bertz CT molecular complexity index is 429. The SMILES string of the molecule is COCCN(C(C)COC)C(CN)c1ccc(Br)c(C)c1. The predicted molar refractivity (Wildman–Crippen MR) is 90.6 cm³/mol. The molecule has 0 aliphatic carbocycles. The van der Waals surface area contributed by atoms with Gasteiger partial charge in [0, 0.05) is 43.9 Å². The highest BCUT2D eigenvalue weighted by atomic mass is 79.9. The van der Waals surface area contributed by atoms with Crippen molar-refractivity contribution in [3.8, 4) is 0 Å². The Balaban J connectivity index is 3.00. The van der Waals surface area contributed by atoms with E-state index in [9.17, 15) is 0 Å². The van der Waals surface area contributed by atoms with Gasteiger partial charge in [0.15, 0.2) is 0 Å². The first kappa shape index (κ1) is 18.6. The highest BCUT2D eigenvalue weighted by molar-refractivity contribution is 9.10. The van der Waals surface area contributed by atoms with E-state index < -0.39 is 0 Å². The average Bonchev–Trinajstić information content (AvgIpc) is 2.47. The van der Waals surface area contributed by atoms with Crippen molar-refractivity contribution in [2.45, 2.75) is 25.9 Å². The Morgan fingerprint density at radius 3 is 2.52 bits per heavy atom. The molecule has 0 spiro atoms. The number of rotatable bonds is 9. The summed E-state index contributed by atoms with van der Waals surface area (Å²) in [5.74, 6) is 0. The molecule has 0 fully saturated rings. The molecule has 120 valence electrons. The van der Waals surface area contributed by atoms with E-state index in [0.717, 1.165) is 11.0 Å². The van der Waals surface area contributed by atoms with Crippen LogP contribution in [0, 0.1) is 6.92 Å². The van der Waals surface area contributed by atoms with Crippen LogP contribution in [0.1, 0.15) is 24.1 Å². The number of hydrogen-bond acceptors (Lipinski definition) is 4. The summed E-state index contributed by atoms with van der Waals surface area (Å²) in [5, 5.41) is 0. The largest absolute Gasteiger partial charge is 0.383 e. The third kappa shape index (κ3) is 5.34. The van der Waals surface area contributed by atoms with Crippen LogP contribution in [0.2, 0.25) is 0 Å². The molecule has 2 atom stereocenters. The van der Waals surface area contributed by atoms with Gasteiger partial charge in [-0.3, -0.25) is 4.90 Å². The van der Waals surface area contributed by atoms with Crippen molar-refractivity contribution in [3.63, 3.8) is 0 Å². The predicted octanol–water partition coefficient (Wildman–Crippen LogP) is 2.74. The van der Waals surface area contributed by atoms with Crippen LogP contribution in [0.3, 0.4) is 0 Å². The molecule has 0 saturated heterocycles. The number of benzene rings is 1. The quantitative estimate of drug-likeness (QED) is 0.737. The van der Waals surface area contributed by atoms with E-state index in [0.29, 0.717) is 19.8 Å². The fourth-order valence-corrected chi connectivity index (χ4v) is 2.80. The standard InChI is InChI=1S/C16H27BrN2O2/c1-12-9-14(5-6-15(12)17)16(10-18)19(7-8-20-3)13(2)11-21-4/h5-6,9,13,16H,7-8,10-11,18H2,1-4H3. The van der Waals surface area contributed by atoms with Crippen molar-refractivity contribution in [1.29, 1.82) is 0 Å². The molecule has 1 rings (SSSR count). The van der Waals surface area contributed by atoms with Crippen LogP contribution in [0.4, 0.5) is 0 Å². The molecule has 0 aromatic heterocycles. The smallest absolute Gasteiger partial charge is 0.0615 e. The second kappa shape index (κ2) is 9.54. The van der Waals surface area contributed by atoms with Crippen LogP contribution in [-0.4, -0.2) is 51.5 Å². The molecule has 0 radical (unpaired) electrons. The van der Waals surface area contributed by atoms with E-state index in [-0.39, 0.29) is 12.1 Å². The lowest BCUT2D eigenvalue weighted by Gasteiger charge is -2.36. The van der Waals surface area contributed by atoms with Gasteiger partial charge >= 0.3 is 0 Å². The lowest BCUT2D eigenvalue weighted by atomic mass is 10.0. The topological polar surface area (TPSA) is 47.7 Å². The van der Waals surface area contributed by atoms with Crippen LogP contribution < -0.4 is 5.73 Å². The van der Waals surface area contributed by atoms with Gasteiger partial charge in [0.2, 0.25) is 0 Å². The van der Waals surface area contributed by atoms with E-state index in [1.165, 1.54) is 11.1 Å². The molecule has 21 heavy (non-hydrogen) atoms. The number of methoxy groups -OCH3 is 2. The first-order valence-electron chi connectivity index (χ1n) is 7.24. The monoisotopic (exact) mass is 358 g/mol. The summed E-state index contributed by atoms with van der Waals surface area (Å²) in [6.45, 7) is 7.01. The minimum atomic E-state index is 0.164. The zero-order valence-corrected chi connectivity index (χ0v) is 15.0. The van der Waals surface area contributed by atoms with Crippen LogP contribution in [0.5, 0.6) is 0 Å². The van der Waals surface area contributed by atoms with Crippen molar-refractivity contribution in [1.82, 2.24) is 4.90 Å². The Labute approximate surface area is 136 Å². The third-order valence-corrected chi connectivity index (χ3v) is 4.61. The van der Waals surface area contributed by atoms with E-state index in [4.69, 9.17) is 15.2 Å². The third-order valence-electron chi connectivity index (χ3n) is 3.72. The van der Waals surface area contributed by atoms with Crippen LogP contribution in [0.15, 0.2) is 22.7 Å². The number of hydrogen-bond donors (Lipinski definition) is 1. The molecule has 0 amide bonds. The molecule has 1 aromatic carbocycles. The Kier molecular flexibility index (Phi) is 8.44. The number of nitrogens with two attached hydrogens (primary N) is 1. The van der Waals surface area contributed by atoms with Crippen LogP contribution in [-0.2, 0) is 9.47 Å². The second-order valence-electron chi connectivity index (χ2n) is 5.30. The Hall–Kier alpha value is -0.460. The van der Waals surface area contributed by atoms with Gasteiger partial charge in [-0.05, 0) is 31.0 Å². The number of nitrogens with zero attached hydrogens (tertiary/aromatic N) is 1. The fourth-order valence-electron chi connectivity index (χ4n) is 2.56. The lowest BCUT2D eigenvalue weighted by molar-refractivity contribution is 0.0486. The van der Waals surface area contributed by atoms with Crippen molar-refractivity contribution < 1.29 is 9.47 Å². The second-order valence-corrected chi connectivity index (χ2v) is 6.15. The van der Waals surface area contributed by atoms with Gasteiger partial charge in [0.05, 0.1) is 13.2 Å². The summed E-state index contributed by atoms with van der Waals surface area (Å²) in [6, 6.07) is 6.86. The highest BCUT2D eigenvalue weighted by Gasteiger charge is 2.24. The normalized spacial score (nSPS) is 14.4. The molecule has 0 aliphatic heterocycles. The van der Waals surface area contributed by atoms with Gasteiger partial charge in [-0.1, -0.05) is 28.1 Å². The summed E-state index contributed by atoms with van der Waals surface area (Å²) < 4.78 is 11.7. The van der Waals surface area contributed by atoms with Crippen molar-refractivity contribution in [2.75, 3.05) is 40.5 Å². The maximum Gasteiger partial charge on any atom is 0.0615 e. The van der Waals surface area contributed by atoms with E-state index in [1.54, 1.807) is 14.2 Å². The first-order chi connectivity index (χ1) is 10.0. The van der Waals surface area contributed by atoms with E-state index in [1.807, 2.05) is 0 Å². The minimum Gasteiger partial charge on any atom is -0.383 e. The van der Waals surface area contributed by atoms with Crippen LogP contribution in [0.25, 0.3) is 0 Å². The maximum atomic E-state index is 6.06. The van der Waals surface area contributed by atoms with Gasteiger partial charge < -0.3 is 15.2 Å². The highest BCUT2D eigenvalue weighted by Crippen LogP contribution is 2.26. The molecule has 4 nitrogen and oxygen atoms in total. The van der Waals surface area contributed by atoms with Crippen LogP contribution >= 0.6 is 15.9 Å². The van der Waals surface area contributed by atoms with Crippen molar-refractivity contribution in [2.24, 2.45) is 5.73 Å². The van der Waals surface area contributed by atoms with E-state index >= 15 is 0 Å². The molecular formula is C16H27BrN2O2. The van der Waals surface area contributed by atoms with Crippen molar-refractivity contribution in [3.05, 3.63) is 33.8 Å². The lowest BCUT2D eigenvalue weighted by Crippen LogP contribution is -2.44. The van der Waals surface area contributed by atoms with Gasteiger partial charge in [-0.15, -0.1) is 0 Å². The summed E-state index contributed by atoms with van der Waals surface area (Å²) in [7, 11) is 3.45. The van der Waals surface area contributed by atoms with Gasteiger partial charge in [0.1, 0.15) is 0 Å². The molecule has 2 N–H and O–H groups in total. The number of aryl methyl sites for hydroxylation is 1. The average molecular weight is 359 g/mol. The molecule has 1 aromatic rings.